The van der Waals surface area contributed by atoms with Crippen LogP contribution in [0.1, 0.15) is 16.7 Å². The maximum atomic E-state index is 12.8. The van der Waals surface area contributed by atoms with Crippen LogP contribution in [0.25, 0.3) is 0 Å². The van der Waals surface area contributed by atoms with Crippen LogP contribution in [0.5, 0.6) is 0 Å². The summed E-state index contributed by atoms with van der Waals surface area (Å²) >= 11 is 0. The van der Waals surface area contributed by atoms with E-state index in [1.807, 2.05) is 60.7 Å². The molecule has 3 aromatic carbocycles. The Bertz CT molecular complexity index is 1070. The van der Waals surface area contributed by atoms with Crippen LogP contribution in [0.2, 0.25) is 0 Å². The number of nitro benzene ring substituents is 1. The number of aliphatic imine (C=N–C) groups is 2. The summed E-state index contributed by atoms with van der Waals surface area (Å²) in [7, 11) is 0. The fraction of sp³-hybridized carbons (Fsp3) is 0.160. The number of rotatable bonds is 10. The van der Waals surface area contributed by atoms with Crippen molar-refractivity contribution in [3.05, 3.63) is 112 Å². The highest BCUT2D eigenvalue weighted by Gasteiger charge is 2.17. The zero-order valence-corrected chi connectivity index (χ0v) is 17.5. The van der Waals surface area contributed by atoms with Gasteiger partial charge < -0.3 is 5.32 Å². The molecule has 32 heavy (non-hydrogen) atoms. The molecule has 0 aromatic heterocycles. The van der Waals surface area contributed by atoms with Crippen LogP contribution < -0.4 is 5.32 Å². The molecular formula is C25H24N4O3. The Hall–Kier alpha value is -4.13. The first-order valence-corrected chi connectivity index (χ1v) is 10.3. The summed E-state index contributed by atoms with van der Waals surface area (Å²) in [5.41, 5.74) is 2.70. The monoisotopic (exact) mass is 428 g/mol. The van der Waals surface area contributed by atoms with Crippen LogP contribution >= 0.6 is 0 Å². The normalized spacial score (nSPS) is 12.1. The average molecular weight is 428 g/mol. The summed E-state index contributed by atoms with van der Waals surface area (Å²) in [6, 6.07) is 24.8. The lowest BCUT2D eigenvalue weighted by Crippen LogP contribution is -2.36. The van der Waals surface area contributed by atoms with Gasteiger partial charge in [0.1, 0.15) is 6.04 Å². The number of nitrogens with one attached hydrogen (secondary N) is 1. The topological polar surface area (TPSA) is 97.0 Å². The van der Waals surface area contributed by atoms with Crippen molar-refractivity contribution in [2.75, 3.05) is 13.1 Å². The average Bonchev–Trinajstić information content (AvgIpc) is 2.83. The lowest BCUT2D eigenvalue weighted by atomic mass is 10.1. The van der Waals surface area contributed by atoms with Gasteiger partial charge in [-0.25, -0.2) is 0 Å². The quantitative estimate of drug-likeness (QED) is 0.230. The number of amides is 1. The van der Waals surface area contributed by atoms with Crippen molar-refractivity contribution in [3.8, 4) is 0 Å². The molecule has 1 amide bonds. The predicted molar refractivity (Wildman–Crippen MR) is 127 cm³/mol. The van der Waals surface area contributed by atoms with E-state index in [1.165, 1.54) is 12.1 Å². The summed E-state index contributed by atoms with van der Waals surface area (Å²) in [5.74, 6) is -0.217. The van der Waals surface area contributed by atoms with Crippen molar-refractivity contribution in [3.63, 3.8) is 0 Å². The number of nitrogens with zero attached hydrogens (tertiary/aromatic N) is 3. The third-order valence-electron chi connectivity index (χ3n) is 4.66. The van der Waals surface area contributed by atoms with Gasteiger partial charge >= 0.3 is 0 Å². The van der Waals surface area contributed by atoms with E-state index in [9.17, 15) is 14.9 Å². The lowest BCUT2D eigenvalue weighted by molar-refractivity contribution is -0.384. The molecule has 0 saturated heterocycles. The van der Waals surface area contributed by atoms with Crippen LogP contribution in [-0.4, -0.2) is 42.4 Å². The third kappa shape index (κ3) is 7.28. The largest absolute Gasteiger partial charge is 0.352 e. The van der Waals surface area contributed by atoms with Gasteiger partial charge in [-0.2, -0.15) is 0 Å². The van der Waals surface area contributed by atoms with Crippen LogP contribution in [0.4, 0.5) is 5.69 Å². The number of hydrogen-bond donors (Lipinski definition) is 1. The first-order valence-electron chi connectivity index (χ1n) is 10.3. The summed E-state index contributed by atoms with van der Waals surface area (Å²) in [4.78, 5) is 32.0. The molecule has 3 rings (SSSR count). The fourth-order valence-electron chi connectivity index (χ4n) is 2.98. The first-order chi connectivity index (χ1) is 15.6. The van der Waals surface area contributed by atoms with E-state index in [1.54, 1.807) is 24.6 Å². The molecule has 0 aliphatic rings. The molecular weight excluding hydrogens is 404 g/mol. The molecule has 0 fully saturated rings. The van der Waals surface area contributed by atoms with Crippen molar-refractivity contribution in [1.29, 1.82) is 0 Å². The van der Waals surface area contributed by atoms with Gasteiger partial charge in [-0.05, 0) is 16.7 Å². The van der Waals surface area contributed by atoms with Crippen LogP contribution in [-0.2, 0) is 11.2 Å². The van der Waals surface area contributed by atoms with Crippen molar-refractivity contribution in [1.82, 2.24) is 5.32 Å². The van der Waals surface area contributed by atoms with Gasteiger partial charge in [0.05, 0.1) is 11.5 Å². The highest BCUT2D eigenvalue weighted by molar-refractivity contribution is 5.87. The Balaban J connectivity index is 1.62. The Morgan fingerprint density at radius 3 is 2.09 bits per heavy atom. The van der Waals surface area contributed by atoms with Gasteiger partial charge in [0.2, 0.25) is 5.91 Å². The zero-order valence-electron chi connectivity index (χ0n) is 17.5. The summed E-state index contributed by atoms with van der Waals surface area (Å²) < 4.78 is 0. The van der Waals surface area contributed by atoms with Crippen molar-refractivity contribution in [2.24, 2.45) is 9.98 Å². The fourth-order valence-corrected chi connectivity index (χ4v) is 2.98. The number of benzene rings is 3. The second-order valence-corrected chi connectivity index (χ2v) is 7.07. The number of carbonyl (C=O) groups is 1. The molecule has 0 heterocycles. The van der Waals surface area contributed by atoms with E-state index in [4.69, 9.17) is 0 Å². The minimum Gasteiger partial charge on any atom is -0.352 e. The van der Waals surface area contributed by atoms with Crippen LogP contribution in [0.15, 0.2) is 94.9 Å². The van der Waals surface area contributed by atoms with Gasteiger partial charge in [0.15, 0.2) is 0 Å². The summed E-state index contributed by atoms with van der Waals surface area (Å²) in [6.45, 7) is 0.840. The summed E-state index contributed by atoms with van der Waals surface area (Å²) in [6.07, 6.45) is 3.78. The summed E-state index contributed by atoms with van der Waals surface area (Å²) in [5, 5.41) is 13.8. The number of nitro groups is 1. The molecule has 1 unspecified atom stereocenters. The molecule has 3 aromatic rings. The van der Waals surface area contributed by atoms with Crippen molar-refractivity contribution < 1.29 is 9.72 Å². The van der Waals surface area contributed by atoms with Gasteiger partial charge in [-0.15, -0.1) is 0 Å². The number of non-ortho nitro benzene ring substituents is 1. The SMILES string of the molecule is O=C(NCC/N=C\c1ccccc1)C(Cc1ccc([N+](=O)[O-])cc1)N=Cc1ccccc1. The molecule has 1 N–H and O–H groups in total. The molecule has 7 heteroatoms. The smallest absolute Gasteiger partial charge is 0.269 e. The van der Waals surface area contributed by atoms with Gasteiger partial charge in [0, 0.05) is 37.5 Å². The van der Waals surface area contributed by atoms with E-state index in [2.05, 4.69) is 15.3 Å². The Morgan fingerprint density at radius 2 is 1.50 bits per heavy atom. The molecule has 0 aliphatic heterocycles. The molecule has 0 aliphatic carbocycles. The zero-order chi connectivity index (χ0) is 22.6. The second-order valence-electron chi connectivity index (χ2n) is 7.07. The highest BCUT2D eigenvalue weighted by Crippen LogP contribution is 2.14. The highest BCUT2D eigenvalue weighted by atomic mass is 16.6. The van der Waals surface area contributed by atoms with E-state index >= 15 is 0 Å². The molecule has 1 atom stereocenters. The Labute approximate surface area is 186 Å². The number of hydrogen-bond acceptors (Lipinski definition) is 5. The molecule has 7 nitrogen and oxygen atoms in total. The van der Waals surface area contributed by atoms with Crippen molar-refractivity contribution in [2.45, 2.75) is 12.5 Å². The van der Waals surface area contributed by atoms with E-state index < -0.39 is 11.0 Å². The Kier molecular flexibility index (Phi) is 8.39. The lowest BCUT2D eigenvalue weighted by Gasteiger charge is -2.13. The molecule has 162 valence electrons. The van der Waals surface area contributed by atoms with Gasteiger partial charge in [-0.3, -0.25) is 24.9 Å². The number of carbonyl (C=O) groups excluding carboxylic acids is 1. The van der Waals surface area contributed by atoms with E-state index in [0.29, 0.717) is 19.5 Å². The van der Waals surface area contributed by atoms with Gasteiger partial charge in [-0.1, -0.05) is 72.8 Å². The third-order valence-corrected chi connectivity index (χ3v) is 4.66. The van der Waals surface area contributed by atoms with Crippen molar-refractivity contribution >= 4 is 24.0 Å². The van der Waals surface area contributed by atoms with E-state index in [0.717, 1.165) is 16.7 Å². The maximum Gasteiger partial charge on any atom is 0.269 e. The molecule has 0 spiro atoms. The Morgan fingerprint density at radius 1 is 0.906 bits per heavy atom. The minimum absolute atomic E-state index is 0.0128. The maximum absolute atomic E-state index is 12.8. The molecule has 0 saturated carbocycles. The molecule has 0 bridgehead atoms. The standard InChI is InChI=1S/C25H24N4O3/c30-25(27-16-15-26-18-21-7-3-1-4-8-21)24(28-19-22-9-5-2-6-10-22)17-20-11-13-23(14-12-20)29(31)32/h1-14,18-19,24H,15-17H2,(H,27,30)/b26-18-,28-19?. The predicted octanol–water partition coefficient (Wildman–Crippen LogP) is 3.86. The van der Waals surface area contributed by atoms with Gasteiger partial charge in [0.25, 0.3) is 5.69 Å². The first kappa shape index (κ1) is 22.6. The molecule has 0 radical (unpaired) electrons. The van der Waals surface area contributed by atoms with E-state index in [-0.39, 0.29) is 11.6 Å². The van der Waals surface area contributed by atoms with Crippen LogP contribution in [0.3, 0.4) is 0 Å². The van der Waals surface area contributed by atoms with Crippen LogP contribution in [0, 0.1) is 10.1 Å². The minimum atomic E-state index is -0.658. The second kappa shape index (κ2) is 11.9.